The maximum absolute atomic E-state index is 13.8. The summed E-state index contributed by atoms with van der Waals surface area (Å²) in [5.41, 5.74) is 0.563. The normalized spacial score (nSPS) is 19.9. The zero-order valence-corrected chi connectivity index (χ0v) is 16.5. The molecule has 3 N–H and O–H groups in total. The van der Waals surface area contributed by atoms with Crippen LogP contribution in [-0.4, -0.2) is 64.1 Å². The summed E-state index contributed by atoms with van der Waals surface area (Å²) in [6.45, 7) is 6.49. The molecule has 152 valence electrons. The zero-order chi connectivity index (χ0) is 19.5. The van der Waals surface area contributed by atoms with Crippen molar-refractivity contribution in [1.29, 1.82) is 0 Å². The lowest BCUT2D eigenvalue weighted by Gasteiger charge is -2.25. The molecule has 1 aliphatic heterocycles. The maximum Gasteiger partial charge on any atom is 0.191 e. The monoisotopic (exact) mass is 380 g/mol. The molecule has 0 aliphatic carbocycles. The van der Waals surface area contributed by atoms with Gasteiger partial charge in [0.15, 0.2) is 5.96 Å². The number of aliphatic hydroxyl groups is 1. The third-order valence-corrected chi connectivity index (χ3v) is 4.97. The first-order valence-electron chi connectivity index (χ1n) is 9.77. The lowest BCUT2D eigenvalue weighted by Crippen LogP contribution is -2.40. The van der Waals surface area contributed by atoms with Crippen LogP contribution in [0.2, 0.25) is 0 Å². The topological polar surface area (TPSA) is 69.1 Å². The van der Waals surface area contributed by atoms with E-state index in [1.54, 1.807) is 12.1 Å². The van der Waals surface area contributed by atoms with Crippen molar-refractivity contribution in [3.8, 4) is 0 Å². The number of rotatable bonds is 10. The van der Waals surface area contributed by atoms with Gasteiger partial charge in [-0.25, -0.2) is 4.39 Å². The first-order valence-corrected chi connectivity index (χ1v) is 9.77. The summed E-state index contributed by atoms with van der Waals surface area (Å²) in [6, 6.07) is 6.82. The Hall–Kier alpha value is -1.86. The predicted octanol–water partition coefficient (Wildman–Crippen LogP) is 2.00. The average molecular weight is 381 g/mol. The number of ether oxygens (including phenoxy) is 1. The van der Waals surface area contributed by atoms with E-state index >= 15 is 0 Å². The number of aliphatic hydroxyl groups excluding tert-OH is 1. The van der Waals surface area contributed by atoms with Crippen LogP contribution in [0.15, 0.2) is 29.3 Å². The minimum atomic E-state index is -0.198. The summed E-state index contributed by atoms with van der Waals surface area (Å²) < 4.78 is 19.3. The van der Waals surface area contributed by atoms with Crippen LogP contribution in [0.5, 0.6) is 0 Å². The van der Waals surface area contributed by atoms with Crippen LogP contribution in [0.3, 0.4) is 0 Å². The molecule has 1 fully saturated rings. The van der Waals surface area contributed by atoms with Crippen LogP contribution in [0.4, 0.5) is 10.1 Å². The van der Waals surface area contributed by atoms with Crippen molar-refractivity contribution < 1.29 is 14.2 Å². The van der Waals surface area contributed by atoms with Gasteiger partial charge in [0.05, 0.1) is 18.8 Å². The summed E-state index contributed by atoms with van der Waals surface area (Å²) in [5, 5.41) is 15.9. The Kier molecular flexibility index (Phi) is 8.81. The molecule has 0 radical (unpaired) electrons. The van der Waals surface area contributed by atoms with Crippen molar-refractivity contribution in [3.63, 3.8) is 0 Å². The van der Waals surface area contributed by atoms with Gasteiger partial charge in [-0.2, -0.15) is 0 Å². The Labute approximate surface area is 161 Å². The molecule has 0 spiro atoms. The van der Waals surface area contributed by atoms with E-state index in [1.807, 2.05) is 24.9 Å². The van der Waals surface area contributed by atoms with Gasteiger partial charge < -0.3 is 25.4 Å². The number of benzene rings is 1. The molecule has 1 aromatic carbocycles. The predicted molar refractivity (Wildman–Crippen MR) is 108 cm³/mol. The van der Waals surface area contributed by atoms with Crippen molar-refractivity contribution in [2.45, 2.75) is 26.2 Å². The number of halogens is 1. The van der Waals surface area contributed by atoms with E-state index in [-0.39, 0.29) is 17.8 Å². The van der Waals surface area contributed by atoms with E-state index in [2.05, 4.69) is 10.6 Å². The van der Waals surface area contributed by atoms with Crippen LogP contribution >= 0.6 is 0 Å². The van der Waals surface area contributed by atoms with Gasteiger partial charge in [0, 0.05) is 45.3 Å². The smallest absolute Gasteiger partial charge is 0.191 e. The van der Waals surface area contributed by atoms with E-state index in [0.717, 1.165) is 45.0 Å². The van der Waals surface area contributed by atoms with E-state index in [9.17, 15) is 9.50 Å². The highest BCUT2D eigenvalue weighted by Crippen LogP contribution is 2.32. The highest BCUT2D eigenvalue weighted by Gasteiger charge is 2.34. The van der Waals surface area contributed by atoms with Crippen molar-refractivity contribution >= 4 is 11.6 Å². The van der Waals surface area contributed by atoms with E-state index in [0.29, 0.717) is 25.3 Å². The fourth-order valence-electron chi connectivity index (χ4n) is 3.28. The molecule has 1 unspecified atom stereocenters. The van der Waals surface area contributed by atoms with Crippen molar-refractivity contribution in [1.82, 2.24) is 10.6 Å². The summed E-state index contributed by atoms with van der Waals surface area (Å²) >= 11 is 0. The van der Waals surface area contributed by atoms with Gasteiger partial charge in [-0.3, -0.25) is 4.99 Å². The molecule has 27 heavy (non-hydrogen) atoms. The molecule has 7 heteroatoms. The molecule has 2 rings (SSSR count). The van der Waals surface area contributed by atoms with E-state index in [4.69, 9.17) is 9.73 Å². The highest BCUT2D eigenvalue weighted by molar-refractivity contribution is 5.79. The number of anilines is 1. The minimum absolute atomic E-state index is 0.0534. The molecule has 1 heterocycles. The SMILES string of the molecule is CCNC(=NCC1(CCO)CCOC1)NCCCN(C)c1ccccc1F. The number of hydrogen-bond acceptors (Lipinski definition) is 4. The molecule has 0 bridgehead atoms. The van der Waals surface area contributed by atoms with Crippen LogP contribution in [0, 0.1) is 11.2 Å². The first kappa shape index (κ1) is 21.4. The van der Waals surface area contributed by atoms with Gasteiger partial charge in [-0.05, 0) is 38.3 Å². The lowest BCUT2D eigenvalue weighted by molar-refractivity contribution is 0.131. The van der Waals surface area contributed by atoms with Crippen LogP contribution < -0.4 is 15.5 Å². The van der Waals surface area contributed by atoms with Crippen LogP contribution in [0.25, 0.3) is 0 Å². The second-order valence-electron chi connectivity index (χ2n) is 7.12. The highest BCUT2D eigenvalue weighted by atomic mass is 19.1. The number of nitrogens with zero attached hydrogens (tertiary/aromatic N) is 2. The summed E-state index contributed by atoms with van der Waals surface area (Å²) in [5.74, 6) is 0.575. The Morgan fingerprint density at radius 3 is 2.85 bits per heavy atom. The van der Waals surface area contributed by atoms with Crippen molar-refractivity contribution in [2.24, 2.45) is 10.4 Å². The lowest BCUT2D eigenvalue weighted by atomic mass is 9.84. The molecule has 0 saturated carbocycles. The number of aliphatic imine (C=N–C) groups is 1. The average Bonchev–Trinajstić information content (AvgIpc) is 3.12. The maximum atomic E-state index is 13.8. The molecule has 6 nitrogen and oxygen atoms in total. The largest absolute Gasteiger partial charge is 0.396 e. The molecule has 0 amide bonds. The fraction of sp³-hybridized carbons (Fsp3) is 0.650. The van der Waals surface area contributed by atoms with Crippen molar-refractivity contribution in [3.05, 3.63) is 30.1 Å². The van der Waals surface area contributed by atoms with Gasteiger partial charge >= 0.3 is 0 Å². The fourth-order valence-corrected chi connectivity index (χ4v) is 3.28. The molecule has 1 saturated heterocycles. The number of nitrogens with one attached hydrogen (secondary N) is 2. The number of guanidine groups is 1. The van der Waals surface area contributed by atoms with E-state index < -0.39 is 0 Å². The molecule has 1 atom stereocenters. The number of hydrogen-bond donors (Lipinski definition) is 3. The minimum Gasteiger partial charge on any atom is -0.396 e. The molecule has 0 aromatic heterocycles. The second kappa shape index (κ2) is 11.1. The molecular formula is C20H33FN4O2. The van der Waals surface area contributed by atoms with Gasteiger partial charge in [0.2, 0.25) is 0 Å². The van der Waals surface area contributed by atoms with Gasteiger partial charge in [0.1, 0.15) is 5.82 Å². The van der Waals surface area contributed by atoms with Crippen LogP contribution in [0.1, 0.15) is 26.2 Å². The van der Waals surface area contributed by atoms with Crippen molar-refractivity contribution in [2.75, 3.05) is 57.9 Å². The van der Waals surface area contributed by atoms with Gasteiger partial charge in [-0.15, -0.1) is 0 Å². The van der Waals surface area contributed by atoms with E-state index in [1.165, 1.54) is 6.07 Å². The van der Waals surface area contributed by atoms with Crippen LogP contribution in [-0.2, 0) is 4.74 Å². The Balaban J connectivity index is 1.81. The third-order valence-electron chi connectivity index (χ3n) is 4.97. The van der Waals surface area contributed by atoms with Gasteiger partial charge in [0.25, 0.3) is 0 Å². The first-order chi connectivity index (χ1) is 13.1. The molecule has 1 aliphatic rings. The Bertz CT molecular complexity index is 591. The van der Waals surface area contributed by atoms with Gasteiger partial charge in [-0.1, -0.05) is 12.1 Å². The Morgan fingerprint density at radius 2 is 2.19 bits per heavy atom. The summed E-state index contributed by atoms with van der Waals surface area (Å²) in [7, 11) is 1.90. The zero-order valence-electron chi connectivity index (χ0n) is 16.5. The molecule has 1 aromatic rings. The second-order valence-corrected chi connectivity index (χ2v) is 7.12. The summed E-state index contributed by atoms with van der Waals surface area (Å²) in [6.07, 6.45) is 2.51. The third kappa shape index (κ3) is 6.66. The summed E-state index contributed by atoms with van der Waals surface area (Å²) in [4.78, 5) is 6.63. The Morgan fingerprint density at radius 1 is 1.37 bits per heavy atom. The number of para-hydroxylation sites is 1. The quantitative estimate of drug-likeness (QED) is 0.329. The molecular weight excluding hydrogens is 347 g/mol. The standard InChI is InChI=1S/C20H33FN4O2/c1-3-22-19(24-15-20(9-13-26)10-14-27-16-20)23-11-6-12-25(2)18-8-5-4-7-17(18)21/h4-5,7-8,26H,3,6,9-16H2,1-2H3,(H2,22,23,24).